The van der Waals surface area contributed by atoms with Gasteiger partial charge in [0.25, 0.3) is 5.91 Å². The second kappa shape index (κ2) is 9.30. The highest BCUT2D eigenvalue weighted by atomic mass is 19.4. The molecule has 36 heavy (non-hydrogen) atoms. The molecule has 0 spiro atoms. The van der Waals surface area contributed by atoms with Crippen LogP contribution in [0.4, 0.5) is 13.2 Å². The number of ether oxygens (including phenoxy) is 1. The second-order valence-corrected chi connectivity index (χ2v) is 8.84. The smallest absolute Gasteiger partial charge is 0.457 e. The molecule has 11 heteroatoms. The molecule has 2 aromatic carbocycles. The quantitative estimate of drug-likeness (QED) is 0.394. The molecule has 0 bridgehead atoms. The summed E-state index contributed by atoms with van der Waals surface area (Å²) in [6, 6.07) is 15.1. The van der Waals surface area contributed by atoms with E-state index in [4.69, 9.17) is 4.42 Å². The van der Waals surface area contributed by atoms with Crippen LogP contribution in [0.25, 0.3) is 22.0 Å². The minimum absolute atomic E-state index is 0.154. The van der Waals surface area contributed by atoms with Crippen molar-refractivity contribution in [2.24, 2.45) is 0 Å². The average molecular weight is 500 g/mol. The van der Waals surface area contributed by atoms with E-state index >= 15 is 0 Å². The van der Waals surface area contributed by atoms with Crippen molar-refractivity contribution >= 4 is 33.9 Å². The molecular weight excluding hydrogens is 477 g/mol. The van der Waals surface area contributed by atoms with Crippen molar-refractivity contribution in [3.63, 3.8) is 0 Å². The van der Waals surface area contributed by atoms with E-state index in [9.17, 15) is 22.8 Å². The van der Waals surface area contributed by atoms with E-state index in [0.717, 1.165) is 16.9 Å². The van der Waals surface area contributed by atoms with E-state index in [1.165, 1.54) is 6.07 Å². The molecule has 1 fully saturated rings. The number of amides is 1. The predicted octanol–water partition coefficient (Wildman–Crippen LogP) is 4.41. The fourth-order valence-electron chi connectivity index (χ4n) is 4.49. The van der Waals surface area contributed by atoms with Crippen molar-refractivity contribution in [2.75, 3.05) is 13.6 Å². The Balaban J connectivity index is 1.37. The first kappa shape index (κ1) is 23.9. The van der Waals surface area contributed by atoms with Crippen LogP contribution in [0.1, 0.15) is 36.6 Å². The molecule has 0 radical (unpaired) electrons. The summed E-state index contributed by atoms with van der Waals surface area (Å²) < 4.78 is 49.1. The number of piperidine rings is 1. The Bertz CT molecular complexity index is 1350. The van der Waals surface area contributed by atoms with Crippen LogP contribution >= 0.6 is 0 Å². The molecule has 3 heterocycles. The maximum atomic E-state index is 13.2. The molecule has 1 amide bonds. The maximum Gasteiger partial charge on any atom is 0.490 e. The number of carbonyl (C=O) groups is 2. The van der Waals surface area contributed by atoms with Crippen LogP contribution in [0.3, 0.4) is 0 Å². The lowest BCUT2D eigenvalue weighted by Gasteiger charge is -2.36. The van der Waals surface area contributed by atoms with Gasteiger partial charge in [0.1, 0.15) is 11.4 Å². The maximum absolute atomic E-state index is 13.2. The lowest BCUT2D eigenvalue weighted by molar-refractivity contribution is -0.206. The Kier molecular flexibility index (Phi) is 6.17. The topological polar surface area (TPSA) is 100 Å². The highest BCUT2D eigenvalue weighted by Crippen LogP contribution is 2.32. The number of rotatable bonds is 5. The molecule has 8 nitrogen and oxygen atoms in total. The van der Waals surface area contributed by atoms with E-state index < -0.39 is 24.2 Å². The normalized spacial score (nSPS) is 19.9. The second-order valence-electron chi connectivity index (χ2n) is 8.84. The van der Waals surface area contributed by atoms with Crippen molar-refractivity contribution in [3.8, 4) is 0 Å². The molecule has 5 rings (SSSR count). The van der Waals surface area contributed by atoms with Crippen LogP contribution in [-0.4, -0.2) is 52.6 Å². The number of nitrogens with one attached hydrogen (secondary N) is 2. The van der Waals surface area contributed by atoms with Gasteiger partial charge >= 0.3 is 12.1 Å². The first-order chi connectivity index (χ1) is 17.2. The van der Waals surface area contributed by atoms with Gasteiger partial charge in [-0.15, -0.1) is 0 Å². The summed E-state index contributed by atoms with van der Waals surface area (Å²) in [6.45, 7) is 0.615. The van der Waals surface area contributed by atoms with Gasteiger partial charge in [0.15, 0.2) is 5.76 Å². The average Bonchev–Trinajstić information content (AvgIpc) is 3.47. The molecule has 2 N–H and O–H groups in total. The Hall–Kier alpha value is -3.86. The van der Waals surface area contributed by atoms with Crippen LogP contribution in [-0.2, 0) is 14.3 Å². The van der Waals surface area contributed by atoms with E-state index in [0.29, 0.717) is 30.4 Å². The third-order valence-electron chi connectivity index (χ3n) is 6.34. The van der Waals surface area contributed by atoms with Gasteiger partial charge in [-0.2, -0.15) is 13.2 Å². The molecule has 1 unspecified atom stereocenters. The summed E-state index contributed by atoms with van der Waals surface area (Å²) in [5, 5.41) is 3.33. The number of fused-ring (bicyclic) bond motifs is 2. The van der Waals surface area contributed by atoms with Crippen molar-refractivity contribution in [1.82, 2.24) is 20.2 Å². The number of nitrogens with zero attached hydrogens (tertiary/aromatic N) is 2. The number of aromatic amines is 1. The number of benzene rings is 2. The standard InChI is InChI=1S/C25H23F3N4O4/c1-32-11-10-15(13-18(32)22-30-16-7-3-4-8-17(16)31-22)29-23(33)21(36-24(34)25(26,27)28)20-12-14-6-2-5-9-19(14)35-20/h2-9,12,15,18,21H,10-11,13H2,1H3,(H,29,33)(H,30,31)/t15-,18-,21?/m1/s1. The van der Waals surface area contributed by atoms with Crippen molar-refractivity contribution < 1.29 is 31.9 Å². The molecule has 188 valence electrons. The van der Waals surface area contributed by atoms with Gasteiger partial charge in [-0.05, 0) is 44.2 Å². The van der Waals surface area contributed by atoms with Gasteiger partial charge in [-0.25, -0.2) is 9.78 Å². The molecule has 1 aliphatic rings. The summed E-state index contributed by atoms with van der Waals surface area (Å²) >= 11 is 0. The monoisotopic (exact) mass is 500 g/mol. The highest BCUT2D eigenvalue weighted by molar-refractivity contribution is 5.87. The van der Waals surface area contributed by atoms with Gasteiger partial charge in [0, 0.05) is 18.0 Å². The molecular formula is C25H23F3N4O4. The zero-order chi connectivity index (χ0) is 25.4. The lowest BCUT2D eigenvalue weighted by Crippen LogP contribution is -2.47. The van der Waals surface area contributed by atoms with Crippen LogP contribution in [0, 0.1) is 0 Å². The number of furan rings is 1. The van der Waals surface area contributed by atoms with Gasteiger partial charge in [-0.3, -0.25) is 9.69 Å². The SMILES string of the molecule is CN1CC[C@@H](NC(=O)C(OC(=O)C(F)(F)F)c2cc3ccccc3o2)C[C@@H]1c1nc2ccccc2[nH]1. The van der Waals surface area contributed by atoms with Crippen LogP contribution < -0.4 is 5.32 Å². The first-order valence-corrected chi connectivity index (χ1v) is 11.4. The fourth-order valence-corrected chi connectivity index (χ4v) is 4.49. The van der Waals surface area contributed by atoms with Crippen molar-refractivity contribution in [2.45, 2.75) is 37.2 Å². The van der Waals surface area contributed by atoms with Gasteiger partial charge in [0.05, 0.1) is 17.1 Å². The summed E-state index contributed by atoms with van der Waals surface area (Å²) in [5.41, 5.74) is 2.06. The van der Waals surface area contributed by atoms with Crippen LogP contribution in [0.5, 0.6) is 0 Å². The minimum Gasteiger partial charge on any atom is -0.457 e. The molecule has 0 saturated carbocycles. The Morgan fingerprint density at radius 1 is 1.19 bits per heavy atom. The molecule has 2 aromatic heterocycles. The van der Waals surface area contributed by atoms with Crippen molar-refractivity contribution in [3.05, 3.63) is 66.2 Å². The summed E-state index contributed by atoms with van der Waals surface area (Å²) in [6.07, 6.45) is -6.14. The first-order valence-electron chi connectivity index (χ1n) is 11.4. The number of esters is 1. The zero-order valence-electron chi connectivity index (χ0n) is 19.2. The fraction of sp³-hybridized carbons (Fsp3) is 0.320. The van der Waals surface area contributed by atoms with E-state index in [1.54, 1.807) is 24.3 Å². The minimum atomic E-state index is -5.26. The molecule has 1 saturated heterocycles. The number of aromatic nitrogens is 2. The third kappa shape index (κ3) is 4.78. The summed E-state index contributed by atoms with van der Waals surface area (Å²) in [4.78, 5) is 34.9. The number of likely N-dealkylation sites (tertiary alicyclic amines) is 1. The van der Waals surface area contributed by atoms with E-state index in [1.807, 2.05) is 31.3 Å². The number of carbonyl (C=O) groups excluding carboxylic acids is 2. The molecule has 1 aliphatic heterocycles. The predicted molar refractivity (Wildman–Crippen MR) is 124 cm³/mol. The highest BCUT2D eigenvalue weighted by Gasteiger charge is 2.45. The number of para-hydroxylation sites is 3. The number of H-pyrrole nitrogens is 1. The third-order valence-corrected chi connectivity index (χ3v) is 6.34. The molecule has 4 aromatic rings. The van der Waals surface area contributed by atoms with Gasteiger partial charge in [0.2, 0.25) is 6.10 Å². The van der Waals surface area contributed by atoms with E-state index in [2.05, 4.69) is 24.9 Å². The summed E-state index contributed by atoms with van der Waals surface area (Å²) in [5.74, 6) is -2.81. The zero-order valence-corrected chi connectivity index (χ0v) is 19.2. The summed E-state index contributed by atoms with van der Waals surface area (Å²) in [7, 11) is 1.94. The molecule has 0 aliphatic carbocycles. The number of halogens is 3. The number of hydrogen-bond donors (Lipinski definition) is 2. The van der Waals surface area contributed by atoms with Crippen LogP contribution in [0.15, 0.2) is 59.0 Å². The Morgan fingerprint density at radius 2 is 1.94 bits per heavy atom. The van der Waals surface area contributed by atoms with Gasteiger partial charge in [-0.1, -0.05) is 30.3 Å². The largest absolute Gasteiger partial charge is 0.490 e. The number of hydrogen-bond acceptors (Lipinski definition) is 6. The van der Waals surface area contributed by atoms with Crippen molar-refractivity contribution in [1.29, 1.82) is 0 Å². The number of alkyl halides is 3. The van der Waals surface area contributed by atoms with Crippen LogP contribution in [0.2, 0.25) is 0 Å². The van der Waals surface area contributed by atoms with E-state index in [-0.39, 0.29) is 17.8 Å². The number of imidazole rings is 1. The Labute approximate surface area is 203 Å². The van der Waals surface area contributed by atoms with Gasteiger partial charge < -0.3 is 19.5 Å². The lowest BCUT2D eigenvalue weighted by atomic mass is 9.96. The molecule has 3 atom stereocenters. The Morgan fingerprint density at radius 3 is 2.69 bits per heavy atom.